The van der Waals surface area contributed by atoms with Crippen LogP contribution in [-0.4, -0.2) is 36.7 Å². The summed E-state index contributed by atoms with van der Waals surface area (Å²) in [6.45, 7) is 4.64. The summed E-state index contributed by atoms with van der Waals surface area (Å²) in [5.74, 6) is 0. The molecular formula is C25H32N2O3. The number of furan rings is 1. The summed E-state index contributed by atoms with van der Waals surface area (Å²) in [4.78, 5) is 14.7. The highest BCUT2D eigenvalue weighted by Crippen LogP contribution is 2.35. The lowest BCUT2D eigenvalue weighted by molar-refractivity contribution is 0.160. The maximum atomic E-state index is 12.1. The summed E-state index contributed by atoms with van der Waals surface area (Å²) in [6.07, 6.45) is 15.9. The van der Waals surface area contributed by atoms with Crippen molar-refractivity contribution in [3.63, 3.8) is 0 Å². The van der Waals surface area contributed by atoms with Crippen LogP contribution in [0.3, 0.4) is 0 Å². The summed E-state index contributed by atoms with van der Waals surface area (Å²) in [5, 5.41) is 3.90. The molecule has 30 heavy (non-hydrogen) atoms. The van der Waals surface area contributed by atoms with Gasteiger partial charge >= 0.3 is 6.09 Å². The average Bonchev–Trinajstić information content (AvgIpc) is 3.05. The van der Waals surface area contributed by atoms with E-state index in [-0.39, 0.29) is 0 Å². The number of unbranched alkanes of at least 4 members (excludes halogenated alkanes) is 1. The standard InChI is InChI=1S/C25H32N2O3/c1-2-3-4-7-16-29-25(28)26-20-10-12-24-22(17-20)23(18-30-24)19-9-11-21-8-5-6-14-27(21)15-13-19/h2-3,10,12-13,17-18,21H,4-9,11,14-16H2,1H3,(H,26,28). The van der Waals surface area contributed by atoms with E-state index < -0.39 is 6.09 Å². The van der Waals surface area contributed by atoms with Crippen LogP contribution in [0, 0.1) is 0 Å². The molecule has 160 valence electrons. The Morgan fingerprint density at radius 1 is 1.33 bits per heavy atom. The van der Waals surface area contributed by atoms with Gasteiger partial charge in [0.15, 0.2) is 0 Å². The molecule has 1 aromatic heterocycles. The molecule has 1 N–H and O–H groups in total. The van der Waals surface area contributed by atoms with Crippen molar-refractivity contribution < 1.29 is 13.9 Å². The first-order valence-corrected chi connectivity index (χ1v) is 11.2. The van der Waals surface area contributed by atoms with E-state index in [1.807, 2.05) is 37.5 Å². The number of nitrogens with zero attached hydrogens (tertiary/aromatic N) is 1. The first kappa shape index (κ1) is 20.7. The molecule has 1 amide bonds. The topological polar surface area (TPSA) is 54.7 Å². The molecule has 5 nitrogen and oxygen atoms in total. The largest absolute Gasteiger partial charge is 0.464 e. The second kappa shape index (κ2) is 9.98. The zero-order valence-corrected chi connectivity index (χ0v) is 17.9. The van der Waals surface area contributed by atoms with Crippen LogP contribution < -0.4 is 5.32 Å². The Hall–Kier alpha value is -2.53. The van der Waals surface area contributed by atoms with Gasteiger partial charge in [0.1, 0.15) is 5.58 Å². The fourth-order valence-electron chi connectivity index (χ4n) is 4.57. The van der Waals surface area contributed by atoms with Crippen molar-refractivity contribution in [1.82, 2.24) is 4.90 Å². The second-order valence-electron chi connectivity index (χ2n) is 8.25. The Morgan fingerprint density at radius 3 is 3.17 bits per heavy atom. The summed E-state index contributed by atoms with van der Waals surface area (Å²) >= 11 is 0. The van der Waals surface area contributed by atoms with Crippen LogP contribution in [0.15, 0.2) is 47.1 Å². The fraction of sp³-hybridized carbons (Fsp3) is 0.480. The van der Waals surface area contributed by atoms with Crippen LogP contribution in [0.25, 0.3) is 16.5 Å². The molecule has 2 aromatic rings. The number of allylic oxidation sites excluding steroid dienone is 3. The first-order chi connectivity index (χ1) is 14.7. The molecule has 1 unspecified atom stereocenters. The average molecular weight is 409 g/mol. The van der Waals surface area contributed by atoms with Gasteiger partial charge in [-0.05, 0) is 75.8 Å². The summed E-state index contributed by atoms with van der Waals surface area (Å²) in [5.41, 5.74) is 4.08. The van der Waals surface area contributed by atoms with E-state index in [4.69, 9.17) is 9.15 Å². The van der Waals surface area contributed by atoms with Crippen molar-refractivity contribution in [2.75, 3.05) is 25.0 Å². The first-order valence-electron chi connectivity index (χ1n) is 11.2. The molecule has 1 atom stereocenters. The van der Waals surface area contributed by atoms with E-state index in [9.17, 15) is 4.79 Å². The van der Waals surface area contributed by atoms with Crippen molar-refractivity contribution in [3.8, 4) is 0 Å². The SMILES string of the molecule is CC=CCCCOC(=O)Nc1ccc2occ(C3=CCN4CCCCC4CC3)c2c1. The molecule has 2 aliphatic heterocycles. The Labute approximate surface area is 178 Å². The molecule has 5 heteroatoms. The Morgan fingerprint density at radius 2 is 2.27 bits per heavy atom. The number of amides is 1. The number of carbonyl (C=O) groups is 1. The molecule has 0 aliphatic carbocycles. The number of rotatable bonds is 6. The number of ether oxygens (including phenoxy) is 1. The molecule has 1 fully saturated rings. The molecule has 0 bridgehead atoms. The van der Waals surface area contributed by atoms with Gasteiger partial charge in [-0.3, -0.25) is 10.2 Å². The second-order valence-corrected chi connectivity index (χ2v) is 8.25. The van der Waals surface area contributed by atoms with Gasteiger partial charge in [-0.15, -0.1) is 0 Å². The van der Waals surface area contributed by atoms with E-state index in [2.05, 4.69) is 22.4 Å². The number of anilines is 1. The van der Waals surface area contributed by atoms with Gasteiger partial charge in [0.05, 0.1) is 12.9 Å². The summed E-state index contributed by atoms with van der Waals surface area (Å²) < 4.78 is 11.1. The van der Waals surface area contributed by atoms with Crippen LogP contribution >= 0.6 is 0 Å². The maximum absolute atomic E-state index is 12.1. The van der Waals surface area contributed by atoms with Crippen LogP contribution in [0.5, 0.6) is 0 Å². The smallest absolute Gasteiger partial charge is 0.411 e. The van der Waals surface area contributed by atoms with Gasteiger partial charge in [-0.1, -0.05) is 24.6 Å². The van der Waals surface area contributed by atoms with Crippen molar-refractivity contribution in [2.45, 2.75) is 57.9 Å². The minimum absolute atomic E-state index is 0.412. The van der Waals surface area contributed by atoms with Crippen LogP contribution in [0.1, 0.15) is 57.4 Å². The number of nitrogens with one attached hydrogen (secondary N) is 1. The third-order valence-electron chi connectivity index (χ3n) is 6.22. The molecule has 0 spiro atoms. The van der Waals surface area contributed by atoms with E-state index >= 15 is 0 Å². The molecule has 2 aliphatic rings. The number of piperidine rings is 1. The molecule has 4 rings (SSSR count). The van der Waals surface area contributed by atoms with Crippen LogP contribution in [0.4, 0.5) is 10.5 Å². The molecule has 0 radical (unpaired) electrons. The highest BCUT2D eigenvalue weighted by molar-refractivity contribution is 5.95. The zero-order valence-electron chi connectivity index (χ0n) is 17.9. The molecule has 1 aromatic carbocycles. The monoisotopic (exact) mass is 408 g/mol. The summed E-state index contributed by atoms with van der Waals surface area (Å²) in [6, 6.07) is 6.49. The normalized spacial score (nSPS) is 20.0. The van der Waals surface area contributed by atoms with E-state index in [1.54, 1.807) is 0 Å². The summed E-state index contributed by atoms with van der Waals surface area (Å²) in [7, 11) is 0. The lowest BCUT2D eigenvalue weighted by Crippen LogP contribution is -2.38. The van der Waals surface area contributed by atoms with Gasteiger partial charge in [0.2, 0.25) is 0 Å². The van der Waals surface area contributed by atoms with Gasteiger partial charge in [0, 0.05) is 29.2 Å². The molecule has 0 saturated carbocycles. The maximum Gasteiger partial charge on any atom is 0.411 e. The minimum atomic E-state index is -0.412. The van der Waals surface area contributed by atoms with Gasteiger partial charge < -0.3 is 9.15 Å². The number of fused-ring (bicyclic) bond motifs is 2. The third kappa shape index (κ3) is 4.96. The predicted octanol–water partition coefficient (Wildman–Crippen LogP) is 6.37. The highest BCUT2D eigenvalue weighted by Gasteiger charge is 2.25. The van der Waals surface area contributed by atoms with Gasteiger partial charge in [0.25, 0.3) is 0 Å². The lowest BCUT2D eigenvalue weighted by Gasteiger charge is -2.33. The van der Waals surface area contributed by atoms with Gasteiger partial charge in [-0.2, -0.15) is 0 Å². The number of hydrogen-bond acceptors (Lipinski definition) is 4. The van der Waals surface area contributed by atoms with E-state index in [0.717, 1.165) is 48.0 Å². The van der Waals surface area contributed by atoms with Crippen molar-refractivity contribution in [2.24, 2.45) is 0 Å². The predicted molar refractivity (Wildman–Crippen MR) is 122 cm³/mol. The van der Waals surface area contributed by atoms with E-state index in [1.165, 1.54) is 37.8 Å². The Kier molecular flexibility index (Phi) is 6.90. The van der Waals surface area contributed by atoms with Crippen molar-refractivity contribution >= 4 is 28.3 Å². The van der Waals surface area contributed by atoms with Crippen molar-refractivity contribution in [1.29, 1.82) is 0 Å². The fourth-order valence-corrected chi connectivity index (χ4v) is 4.57. The quantitative estimate of drug-likeness (QED) is 0.446. The third-order valence-corrected chi connectivity index (χ3v) is 6.22. The highest BCUT2D eigenvalue weighted by atomic mass is 16.5. The molecular weight excluding hydrogens is 376 g/mol. The zero-order chi connectivity index (χ0) is 20.8. The molecule has 3 heterocycles. The molecule has 1 saturated heterocycles. The Bertz CT molecular complexity index is 928. The number of benzene rings is 1. The van der Waals surface area contributed by atoms with E-state index in [0.29, 0.717) is 12.6 Å². The van der Waals surface area contributed by atoms with Crippen molar-refractivity contribution in [3.05, 3.63) is 48.3 Å². The number of hydrogen-bond donors (Lipinski definition) is 1. The van der Waals surface area contributed by atoms with Crippen LogP contribution in [0.2, 0.25) is 0 Å². The van der Waals surface area contributed by atoms with Crippen LogP contribution in [-0.2, 0) is 4.74 Å². The lowest BCUT2D eigenvalue weighted by atomic mass is 9.95. The Balaban J connectivity index is 1.44. The number of carbonyl (C=O) groups excluding carboxylic acids is 1. The minimum Gasteiger partial charge on any atom is -0.464 e. The van der Waals surface area contributed by atoms with Gasteiger partial charge in [-0.25, -0.2) is 4.79 Å².